The molecule has 1 rings (SSSR count). The average molecular weight is 270 g/mol. The number of aromatic nitrogens is 2. The first kappa shape index (κ1) is 15.4. The fourth-order valence-corrected chi connectivity index (χ4v) is 1.93. The van der Waals surface area contributed by atoms with Crippen molar-refractivity contribution in [3.8, 4) is 0 Å². The molecule has 0 saturated heterocycles. The summed E-state index contributed by atoms with van der Waals surface area (Å²) in [7, 11) is 1.67. The molecule has 108 valence electrons. The van der Waals surface area contributed by atoms with E-state index in [-0.39, 0.29) is 24.3 Å². The summed E-state index contributed by atoms with van der Waals surface area (Å²) in [6.45, 7) is 5.77. The number of nitrogens with one attached hydrogen (secondary N) is 1. The minimum absolute atomic E-state index is 0.0171. The van der Waals surface area contributed by atoms with Gasteiger partial charge in [0.1, 0.15) is 5.69 Å². The zero-order valence-electron chi connectivity index (χ0n) is 11.9. The molecule has 2 N–H and O–H groups in total. The quantitative estimate of drug-likeness (QED) is 0.581. The van der Waals surface area contributed by atoms with Crippen LogP contribution in [0.3, 0.4) is 0 Å². The van der Waals surface area contributed by atoms with E-state index < -0.39 is 4.92 Å². The molecule has 1 heterocycles. The monoisotopic (exact) mass is 270 g/mol. The van der Waals surface area contributed by atoms with Crippen molar-refractivity contribution in [1.82, 2.24) is 9.78 Å². The Morgan fingerprint density at radius 3 is 2.58 bits per heavy atom. The van der Waals surface area contributed by atoms with Crippen LogP contribution in [0.2, 0.25) is 0 Å². The lowest BCUT2D eigenvalue weighted by atomic mass is 10.1. The zero-order valence-corrected chi connectivity index (χ0v) is 11.9. The van der Waals surface area contributed by atoms with Crippen LogP contribution in [-0.2, 0) is 13.5 Å². The molecule has 0 spiro atoms. The molecule has 0 fully saturated rings. The maximum atomic E-state index is 11.2. The Hall–Kier alpha value is -1.63. The molecule has 1 atom stereocenters. The minimum Gasteiger partial charge on any atom is -0.394 e. The zero-order chi connectivity index (χ0) is 14.6. The van der Waals surface area contributed by atoms with Gasteiger partial charge >= 0.3 is 5.69 Å². The molecule has 0 unspecified atom stereocenters. The highest BCUT2D eigenvalue weighted by Crippen LogP contribution is 2.30. The van der Waals surface area contributed by atoms with Crippen molar-refractivity contribution in [1.29, 1.82) is 0 Å². The Bertz CT molecular complexity index is 442. The van der Waals surface area contributed by atoms with Crippen LogP contribution < -0.4 is 5.32 Å². The van der Waals surface area contributed by atoms with Gasteiger partial charge in [0.05, 0.1) is 17.6 Å². The summed E-state index contributed by atoms with van der Waals surface area (Å²) < 4.78 is 1.48. The smallest absolute Gasteiger partial charge is 0.334 e. The summed E-state index contributed by atoms with van der Waals surface area (Å²) in [5, 5.41) is 27.8. The molecular formula is C12H22N4O3. The van der Waals surface area contributed by atoms with Gasteiger partial charge in [-0.2, -0.15) is 5.10 Å². The minimum atomic E-state index is -0.408. The van der Waals surface area contributed by atoms with E-state index in [1.807, 2.05) is 20.8 Å². The molecule has 0 bridgehead atoms. The largest absolute Gasteiger partial charge is 0.394 e. The van der Waals surface area contributed by atoms with Crippen LogP contribution in [0, 0.1) is 16.0 Å². The molecule has 19 heavy (non-hydrogen) atoms. The third-order valence-corrected chi connectivity index (χ3v) is 3.08. The number of anilines is 1. The summed E-state index contributed by atoms with van der Waals surface area (Å²) in [6.07, 6.45) is 1.36. The van der Waals surface area contributed by atoms with Gasteiger partial charge < -0.3 is 10.4 Å². The lowest BCUT2D eigenvalue weighted by Crippen LogP contribution is -2.30. The van der Waals surface area contributed by atoms with Gasteiger partial charge in [-0.1, -0.05) is 27.2 Å². The molecule has 0 aliphatic heterocycles. The van der Waals surface area contributed by atoms with Crippen LogP contribution in [0.1, 0.15) is 32.9 Å². The maximum Gasteiger partial charge on any atom is 0.334 e. The van der Waals surface area contributed by atoms with Crippen molar-refractivity contribution in [2.24, 2.45) is 13.0 Å². The number of rotatable bonds is 7. The number of aryl methyl sites for hydroxylation is 2. The van der Waals surface area contributed by atoms with Crippen molar-refractivity contribution in [2.45, 2.75) is 39.7 Å². The van der Waals surface area contributed by atoms with E-state index >= 15 is 0 Å². The summed E-state index contributed by atoms with van der Waals surface area (Å²) in [4.78, 5) is 10.8. The molecule has 7 nitrogen and oxygen atoms in total. The van der Waals surface area contributed by atoms with Gasteiger partial charge in [0.15, 0.2) is 0 Å². The van der Waals surface area contributed by atoms with E-state index in [0.29, 0.717) is 17.9 Å². The molecule has 7 heteroatoms. The fourth-order valence-electron chi connectivity index (χ4n) is 1.93. The van der Waals surface area contributed by atoms with Crippen LogP contribution in [-0.4, -0.2) is 32.5 Å². The van der Waals surface area contributed by atoms with Gasteiger partial charge in [0, 0.05) is 7.05 Å². The molecule has 0 aliphatic rings. The van der Waals surface area contributed by atoms with Crippen LogP contribution >= 0.6 is 0 Å². The number of aliphatic hydroxyl groups is 1. The van der Waals surface area contributed by atoms with Gasteiger partial charge in [-0.15, -0.1) is 0 Å². The summed E-state index contributed by atoms with van der Waals surface area (Å²) in [6, 6.07) is -0.233. The second kappa shape index (κ2) is 6.51. The standard InChI is InChI=1S/C12H22N4O3/c1-5-6-9-11(16(18)19)12(15(4)14-9)13-10(7-17)8(2)3/h8,10,13,17H,5-7H2,1-4H3/t10-/m1/s1. The lowest BCUT2D eigenvalue weighted by Gasteiger charge is -2.20. The number of nitrogens with zero attached hydrogens (tertiary/aromatic N) is 3. The highest BCUT2D eigenvalue weighted by atomic mass is 16.6. The fraction of sp³-hybridized carbons (Fsp3) is 0.750. The van der Waals surface area contributed by atoms with Gasteiger partial charge in [0.2, 0.25) is 5.82 Å². The van der Waals surface area contributed by atoms with Crippen LogP contribution in [0.15, 0.2) is 0 Å². The predicted octanol–water partition coefficient (Wildman–Crippen LogP) is 1.71. The maximum absolute atomic E-state index is 11.2. The second-order valence-corrected chi connectivity index (χ2v) is 4.95. The number of hydrogen-bond donors (Lipinski definition) is 2. The first-order valence-corrected chi connectivity index (χ1v) is 6.50. The number of hydrogen-bond acceptors (Lipinski definition) is 5. The first-order chi connectivity index (χ1) is 8.92. The number of nitro groups is 1. The Labute approximate surface area is 112 Å². The summed E-state index contributed by atoms with van der Waals surface area (Å²) in [5.41, 5.74) is 0.501. The van der Waals surface area contributed by atoms with E-state index in [2.05, 4.69) is 10.4 Å². The molecule has 0 amide bonds. The highest BCUT2D eigenvalue weighted by molar-refractivity contribution is 5.60. The van der Waals surface area contributed by atoms with Gasteiger partial charge in [-0.05, 0) is 12.3 Å². The SMILES string of the molecule is CCCc1nn(C)c(N[C@H](CO)C(C)C)c1[N+](=O)[O-]. The van der Waals surface area contributed by atoms with E-state index in [1.54, 1.807) is 7.05 Å². The summed E-state index contributed by atoms with van der Waals surface area (Å²) >= 11 is 0. The second-order valence-electron chi connectivity index (χ2n) is 4.95. The predicted molar refractivity (Wildman–Crippen MR) is 73.2 cm³/mol. The Balaban J connectivity index is 3.15. The van der Waals surface area contributed by atoms with Crippen molar-refractivity contribution in [2.75, 3.05) is 11.9 Å². The van der Waals surface area contributed by atoms with E-state index in [0.717, 1.165) is 6.42 Å². The molecule has 0 radical (unpaired) electrons. The third kappa shape index (κ3) is 3.44. The Morgan fingerprint density at radius 2 is 2.16 bits per heavy atom. The van der Waals surface area contributed by atoms with Gasteiger partial charge in [-0.25, -0.2) is 4.68 Å². The third-order valence-electron chi connectivity index (χ3n) is 3.08. The molecule has 0 aliphatic carbocycles. The Morgan fingerprint density at radius 1 is 1.53 bits per heavy atom. The number of aliphatic hydroxyl groups excluding tert-OH is 1. The molecule has 0 aromatic carbocycles. The summed E-state index contributed by atoms with van der Waals surface area (Å²) in [5.74, 6) is 0.523. The molecule has 1 aromatic heterocycles. The topological polar surface area (TPSA) is 93.2 Å². The first-order valence-electron chi connectivity index (χ1n) is 6.50. The van der Waals surface area contributed by atoms with Crippen molar-refractivity contribution >= 4 is 11.5 Å². The van der Waals surface area contributed by atoms with Crippen molar-refractivity contribution < 1.29 is 10.0 Å². The van der Waals surface area contributed by atoms with Crippen LogP contribution in [0.4, 0.5) is 11.5 Å². The van der Waals surface area contributed by atoms with E-state index in [9.17, 15) is 15.2 Å². The highest BCUT2D eigenvalue weighted by Gasteiger charge is 2.28. The average Bonchev–Trinajstić information content (AvgIpc) is 2.62. The van der Waals surface area contributed by atoms with E-state index in [4.69, 9.17) is 0 Å². The van der Waals surface area contributed by atoms with Crippen LogP contribution in [0.25, 0.3) is 0 Å². The molecule has 0 saturated carbocycles. The van der Waals surface area contributed by atoms with Crippen LogP contribution in [0.5, 0.6) is 0 Å². The van der Waals surface area contributed by atoms with Gasteiger partial charge in [-0.3, -0.25) is 10.1 Å². The van der Waals surface area contributed by atoms with Gasteiger partial charge in [0.25, 0.3) is 0 Å². The van der Waals surface area contributed by atoms with E-state index in [1.165, 1.54) is 4.68 Å². The molecule has 1 aromatic rings. The molecular weight excluding hydrogens is 248 g/mol. The normalized spacial score (nSPS) is 12.7. The Kier molecular flexibility index (Phi) is 5.29. The lowest BCUT2D eigenvalue weighted by molar-refractivity contribution is -0.384. The van der Waals surface area contributed by atoms with Crippen molar-refractivity contribution in [3.05, 3.63) is 15.8 Å². The van der Waals surface area contributed by atoms with Crippen molar-refractivity contribution in [3.63, 3.8) is 0 Å².